The first-order chi connectivity index (χ1) is 8.50. The summed E-state index contributed by atoms with van der Waals surface area (Å²) in [7, 11) is 0. The van der Waals surface area contributed by atoms with Gasteiger partial charge in [0.05, 0.1) is 11.3 Å². The zero-order valence-corrected chi connectivity index (χ0v) is 11.4. The summed E-state index contributed by atoms with van der Waals surface area (Å²) < 4.78 is 0. The van der Waals surface area contributed by atoms with Gasteiger partial charge in [-0.1, -0.05) is 13.8 Å². The Morgan fingerprint density at radius 1 is 1.33 bits per heavy atom. The molecule has 0 aromatic heterocycles. The number of nitrogens with zero attached hydrogens (tertiary/aromatic N) is 1. The molecule has 0 spiro atoms. The summed E-state index contributed by atoms with van der Waals surface area (Å²) in [4.78, 5) is 25.6. The minimum Gasteiger partial charge on any atom is -0.369 e. The first kappa shape index (κ1) is 15.0. The van der Waals surface area contributed by atoms with Crippen molar-refractivity contribution in [2.75, 3.05) is 19.6 Å². The van der Waals surface area contributed by atoms with Crippen molar-refractivity contribution in [2.24, 2.45) is 22.8 Å². The molecule has 0 aliphatic carbocycles. The van der Waals surface area contributed by atoms with E-state index in [1.807, 2.05) is 13.8 Å². The van der Waals surface area contributed by atoms with Crippen molar-refractivity contribution in [2.45, 2.75) is 39.5 Å². The summed E-state index contributed by atoms with van der Waals surface area (Å²) in [6.45, 7) is 5.50. The largest absolute Gasteiger partial charge is 0.369 e. The molecule has 1 unspecified atom stereocenters. The van der Waals surface area contributed by atoms with E-state index in [-0.39, 0.29) is 17.7 Å². The van der Waals surface area contributed by atoms with Crippen molar-refractivity contribution in [3.8, 4) is 0 Å². The van der Waals surface area contributed by atoms with Crippen LogP contribution in [0, 0.1) is 11.3 Å². The molecule has 1 fully saturated rings. The summed E-state index contributed by atoms with van der Waals surface area (Å²) in [5.74, 6) is -0.424. The van der Waals surface area contributed by atoms with Gasteiger partial charge in [0, 0.05) is 19.6 Å². The van der Waals surface area contributed by atoms with Crippen LogP contribution >= 0.6 is 0 Å². The maximum absolute atomic E-state index is 12.6. The van der Waals surface area contributed by atoms with Gasteiger partial charge in [-0.25, -0.2) is 0 Å². The predicted octanol–water partition coefficient (Wildman–Crippen LogP) is 0.475. The van der Waals surface area contributed by atoms with Crippen LogP contribution in [0.15, 0.2) is 0 Å². The number of piperidine rings is 1. The molecule has 1 atom stereocenters. The number of likely N-dealkylation sites (tertiary alicyclic amines) is 1. The molecule has 1 saturated heterocycles. The zero-order chi connectivity index (χ0) is 13.8. The van der Waals surface area contributed by atoms with Crippen LogP contribution in [0.4, 0.5) is 0 Å². The van der Waals surface area contributed by atoms with Crippen LogP contribution in [0.25, 0.3) is 0 Å². The minimum absolute atomic E-state index is 0.0842. The van der Waals surface area contributed by atoms with Gasteiger partial charge in [0.1, 0.15) is 0 Å². The Morgan fingerprint density at radius 2 is 1.94 bits per heavy atom. The predicted molar refractivity (Wildman–Crippen MR) is 70.6 cm³/mol. The Bertz CT molecular complexity index is 305. The summed E-state index contributed by atoms with van der Waals surface area (Å²) in [6, 6.07) is 0. The van der Waals surface area contributed by atoms with Gasteiger partial charge in [-0.2, -0.15) is 0 Å². The van der Waals surface area contributed by atoms with Gasteiger partial charge in [-0.15, -0.1) is 0 Å². The zero-order valence-electron chi connectivity index (χ0n) is 11.4. The molecule has 104 valence electrons. The molecule has 2 amide bonds. The Hall–Kier alpha value is -1.10. The van der Waals surface area contributed by atoms with Crippen molar-refractivity contribution >= 4 is 11.8 Å². The monoisotopic (exact) mass is 255 g/mol. The van der Waals surface area contributed by atoms with Crippen LogP contribution in [0.2, 0.25) is 0 Å². The number of hydrogen-bond acceptors (Lipinski definition) is 3. The number of carbonyl (C=O) groups excluding carboxylic acids is 2. The van der Waals surface area contributed by atoms with Gasteiger partial charge < -0.3 is 16.4 Å². The average molecular weight is 255 g/mol. The Balaban J connectivity index is 2.79. The molecule has 4 N–H and O–H groups in total. The molecule has 0 aromatic rings. The van der Waals surface area contributed by atoms with Crippen LogP contribution in [0.1, 0.15) is 39.5 Å². The normalized spacial score (nSPS) is 20.8. The van der Waals surface area contributed by atoms with E-state index in [2.05, 4.69) is 0 Å². The maximum atomic E-state index is 12.6. The Kier molecular flexibility index (Phi) is 5.14. The lowest BCUT2D eigenvalue weighted by atomic mass is 9.80. The van der Waals surface area contributed by atoms with Gasteiger partial charge in [0.2, 0.25) is 11.8 Å². The van der Waals surface area contributed by atoms with Crippen molar-refractivity contribution < 1.29 is 9.59 Å². The second-order valence-corrected chi connectivity index (χ2v) is 5.18. The molecule has 18 heavy (non-hydrogen) atoms. The third-order valence-corrected chi connectivity index (χ3v) is 4.31. The van der Waals surface area contributed by atoms with Gasteiger partial charge >= 0.3 is 0 Å². The molecule has 1 heterocycles. The maximum Gasteiger partial charge on any atom is 0.230 e. The second-order valence-electron chi connectivity index (χ2n) is 5.18. The lowest BCUT2D eigenvalue weighted by Gasteiger charge is -2.39. The van der Waals surface area contributed by atoms with Gasteiger partial charge in [0.15, 0.2) is 0 Å². The van der Waals surface area contributed by atoms with Crippen LogP contribution in [0.3, 0.4) is 0 Å². The van der Waals surface area contributed by atoms with E-state index in [0.29, 0.717) is 19.6 Å². The van der Waals surface area contributed by atoms with Crippen molar-refractivity contribution in [3.63, 3.8) is 0 Å². The molecule has 1 aliphatic rings. The van der Waals surface area contributed by atoms with Crippen molar-refractivity contribution in [1.29, 1.82) is 0 Å². The summed E-state index contributed by atoms with van der Waals surface area (Å²) in [6.07, 6.45) is 3.09. The second kappa shape index (κ2) is 6.18. The third kappa shape index (κ3) is 2.83. The van der Waals surface area contributed by atoms with Crippen LogP contribution < -0.4 is 11.5 Å². The highest BCUT2D eigenvalue weighted by atomic mass is 16.2. The standard InChI is InChI=1S/C13H25N3O2/c1-3-13(4-2,9-14)12(18)16-7-5-6-10(8-16)11(15)17/h10H,3-9,14H2,1-2H3,(H2,15,17). The fourth-order valence-electron chi connectivity index (χ4n) is 2.66. The lowest BCUT2D eigenvalue weighted by Crippen LogP contribution is -2.52. The number of nitrogens with two attached hydrogens (primary N) is 2. The summed E-state index contributed by atoms with van der Waals surface area (Å²) in [5.41, 5.74) is 10.7. The number of primary amides is 1. The van der Waals surface area contributed by atoms with E-state index < -0.39 is 5.41 Å². The number of amides is 2. The lowest BCUT2D eigenvalue weighted by molar-refractivity contribution is -0.145. The van der Waals surface area contributed by atoms with Crippen LogP contribution in [-0.2, 0) is 9.59 Å². The fourth-order valence-corrected chi connectivity index (χ4v) is 2.66. The topological polar surface area (TPSA) is 89.4 Å². The molecule has 0 radical (unpaired) electrons. The summed E-state index contributed by atoms with van der Waals surface area (Å²) in [5, 5.41) is 0. The molecule has 5 heteroatoms. The molecular formula is C13H25N3O2. The smallest absolute Gasteiger partial charge is 0.230 e. The quantitative estimate of drug-likeness (QED) is 0.748. The number of rotatable bonds is 5. The first-order valence-electron chi connectivity index (χ1n) is 6.79. The molecule has 1 aliphatic heterocycles. The summed E-state index contributed by atoms with van der Waals surface area (Å²) >= 11 is 0. The van der Waals surface area contributed by atoms with E-state index >= 15 is 0 Å². The molecule has 0 aromatic carbocycles. The highest BCUT2D eigenvalue weighted by Crippen LogP contribution is 2.30. The third-order valence-electron chi connectivity index (χ3n) is 4.31. The molecule has 0 saturated carbocycles. The van der Waals surface area contributed by atoms with E-state index in [1.54, 1.807) is 4.90 Å². The van der Waals surface area contributed by atoms with E-state index in [4.69, 9.17) is 11.5 Å². The van der Waals surface area contributed by atoms with Gasteiger partial charge in [0.25, 0.3) is 0 Å². The van der Waals surface area contributed by atoms with E-state index in [0.717, 1.165) is 25.7 Å². The number of hydrogen-bond donors (Lipinski definition) is 2. The van der Waals surface area contributed by atoms with Gasteiger partial charge in [-0.05, 0) is 25.7 Å². The minimum atomic E-state index is -0.473. The van der Waals surface area contributed by atoms with Crippen LogP contribution in [0.5, 0.6) is 0 Å². The molecule has 1 rings (SSSR count). The molecular weight excluding hydrogens is 230 g/mol. The van der Waals surface area contributed by atoms with Gasteiger partial charge in [-0.3, -0.25) is 9.59 Å². The SMILES string of the molecule is CCC(CC)(CN)C(=O)N1CCCC(C(N)=O)C1. The first-order valence-corrected chi connectivity index (χ1v) is 6.79. The molecule has 5 nitrogen and oxygen atoms in total. The van der Waals surface area contributed by atoms with Crippen molar-refractivity contribution in [1.82, 2.24) is 4.90 Å². The van der Waals surface area contributed by atoms with Crippen molar-refractivity contribution in [3.05, 3.63) is 0 Å². The Morgan fingerprint density at radius 3 is 2.39 bits per heavy atom. The van der Waals surface area contributed by atoms with Crippen LogP contribution in [-0.4, -0.2) is 36.3 Å². The van der Waals surface area contributed by atoms with E-state index in [1.165, 1.54) is 0 Å². The molecule has 0 bridgehead atoms. The highest BCUT2D eigenvalue weighted by molar-refractivity contribution is 5.84. The van der Waals surface area contributed by atoms with E-state index in [9.17, 15) is 9.59 Å². The Labute approximate surface area is 109 Å². The fraction of sp³-hybridized carbons (Fsp3) is 0.846. The highest BCUT2D eigenvalue weighted by Gasteiger charge is 2.39. The number of carbonyl (C=O) groups is 2. The average Bonchev–Trinajstić information content (AvgIpc) is 2.41.